The first-order chi connectivity index (χ1) is 11.5. The number of nitrogens with one attached hydrogen (secondary N) is 1. The molecule has 0 saturated carbocycles. The van der Waals surface area contributed by atoms with Crippen LogP contribution in [0.5, 0.6) is 5.75 Å². The molecule has 2 aromatic rings. The largest absolute Gasteiger partial charge is 0.474 e. The summed E-state index contributed by atoms with van der Waals surface area (Å²) in [5.74, 6) is -0.645. The van der Waals surface area contributed by atoms with Crippen molar-refractivity contribution >= 4 is 11.6 Å². The van der Waals surface area contributed by atoms with Gasteiger partial charge in [-0.05, 0) is 37.1 Å². The number of hydrogen-bond donors (Lipinski definition) is 1. The highest BCUT2D eigenvalue weighted by atomic mass is 19.1. The fourth-order valence-electron chi connectivity index (χ4n) is 2.08. The third-order valence-electron chi connectivity index (χ3n) is 3.36. The predicted octanol–water partition coefficient (Wildman–Crippen LogP) is 2.86. The summed E-state index contributed by atoms with van der Waals surface area (Å²) in [6.45, 7) is 1.87. The van der Waals surface area contributed by atoms with Gasteiger partial charge in [0.15, 0.2) is 11.9 Å². The van der Waals surface area contributed by atoms with Crippen LogP contribution < -0.4 is 10.1 Å². The van der Waals surface area contributed by atoms with Gasteiger partial charge in [0.05, 0.1) is 4.92 Å². The standard InChI is InChI=1S/C17H17FN2O4/c1-12(24-16-5-3-2-4-15(16)20(22)23)17(21)19-11-10-13-6-8-14(18)9-7-13/h2-9,12H,10-11H2,1H3,(H,19,21)/t12-/m1/s1. The molecule has 0 radical (unpaired) electrons. The minimum absolute atomic E-state index is 0.0451. The minimum Gasteiger partial charge on any atom is -0.474 e. The fourth-order valence-corrected chi connectivity index (χ4v) is 2.08. The summed E-state index contributed by atoms with van der Waals surface area (Å²) in [4.78, 5) is 22.4. The van der Waals surface area contributed by atoms with E-state index in [2.05, 4.69) is 5.32 Å². The fraction of sp³-hybridized carbons (Fsp3) is 0.235. The van der Waals surface area contributed by atoms with Gasteiger partial charge in [0.2, 0.25) is 0 Å². The molecular weight excluding hydrogens is 315 g/mol. The first kappa shape index (κ1) is 17.4. The van der Waals surface area contributed by atoms with Crippen molar-refractivity contribution in [2.45, 2.75) is 19.4 Å². The zero-order chi connectivity index (χ0) is 17.5. The third-order valence-corrected chi connectivity index (χ3v) is 3.36. The molecule has 0 saturated heterocycles. The highest BCUT2D eigenvalue weighted by molar-refractivity contribution is 5.80. The zero-order valence-electron chi connectivity index (χ0n) is 13.1. The lowest BCUT2D eigenvalue weighted by Gasteiger charge is -2.14. The quantitative estimate of drug-likeness (QED) is 0.624. The second kappa shape index (κ2) is 8.05. The Morgan fingerprint density at radius 3 is 2.58 bits per heavy atom. The Morgan fingerprint density at radius 1 is 1.25 bits per heavy atom. The number of amides is 1. The second-order valence-corrected chi connectivity index (χ2v) is 5.15. The van der Waals surface area contributed by atoms with Gasteiger partial charge in [-0.1, -0.05) is 24.3 Å². The molecule has 0 heterocycles. The average molecular weight is 332 g/mol. The van der Waals surface area contributed by atoms with Crippen LogP contribution in [0, 0.1) is 15.9 Å². The molecule has 24 heavy (non-hydrogen) atoms. The monoisotopic (exact) mass is 332 g/mol. The van der Waals surface area contributed by atoms with Crippen molar-refractivity contribution in [3.63, 3.8) is 0 Å². The van der Waals surface area contributed by atoms with Crippen molar-refractivity contribution < 1.29 is 18.8 Å². The van der Waals surface area contributed by atoms with E-state index in [0.29, 0.717) is 13.0 Å². The molecule has 1 atom stereocenters. The van der Waals surface area contributed by atoms with E-state index in [9.17, 15) is 19.3 Å². The number of para-hydroxylation sites is 2. The van der Waals surface area contributed by atoms with Gasteiger partial charge in [0.1, 0.15) is 5.82 Å². The molecule has 0 aliphatic rings. The van der Waals surface area contributed by atoms with Crippen LogP contribution in [0.25, 0.3) is 0 Å². The maximum absolute atomic E-state index is 12.8. The van der Waals surface area contributed by atoms with E-state index in [4.69, 9.17) is 4.74 Å². The van der Waals surface area contributed by atoms with E-state index in [1.807, 2.05) is 0 Å². The molecule has 1 amide bonds. The number of carbonyl (C=O) groups excluding carboxylic acids is 1. The summed E-state index contributed by atoms with van der Waals surface area (Å²) < 4.78 is 18.2. The van der Waals surface area contributed by atoms with Gasteiger partial charge in [-0.3, -0.25) is 14.9 Å². The average Bonchev–Trinajstić information content (AvgIpc) is 2.56. The Morgan fingerprint density at radius 2 is 1.92 bits per heavy atom. The first-order valence-electron chi connectivity index (χ1n) is 7.39. The van der Waals surface area contributed by atoms with Gasteiger partial charge in [-0.2, -0.15) is 0 Å². The van der Waals surface area contributed by atoms with Crippen LogP contribution in [-0.4, -0.2) is 23.5 Å². The van der Waals surface area contributed by atoms with Gasteiger partial charge < -0.3 is 10.1 Å². The van der Waals surface area contributed by atoms with E-state index in [1.165, 1.54) is 37.3 Å². The molecule has 0 aliphatic carbocycles. The highest BCUT2D eigenvalue weighted by Gasteiger charge is 2.20. The smallest absolute Gasteiger partial charge is 0.310 e. The molecule has 0 bridgehead atoms. The molecule has 6 nitrogen and oxygen atoms in total. The number of nitro groups is 1. The van der Waals surface area contributed by atoms with Crippen molar-refractivity contribution in [3.05, 3.63) is 70.0 Å². The number of nitro benzene ring substituents is 1. The van der Waals surface area contributed by atoms with E-state index < -0.39 is 11.0 Å². The van der Waals surface area contributed by atoms with Crippen molar-refractivity contribution in [1.29, 1.82) is 0 Å². The molecule has 0 unspecified atom stereocenters. The van der Waals surface area contributed by atoms with Crippen LogP contribution in [0.4, 0.5) is 10.1 Å². The van der Waals surface area contributed by atoms with Crippen LogP contribution in [0.1, 0.15) is 12.5 Å². The van der Waals surface area contributed by atoms with E-state index >= 15 is 0 Å². The highest BCUT2D eigenvalue weighted by Crippen LogP contribution is 2.26. The van der Waals surface area contributed by atoms with Crippen LogP contribution in [0.15, 0.2) is 48.5 Å². The lowest BCUT2D eigenvalue weighted by molar-refractivity contribution is -0.386. The number of halogens is 1. The Bertz CT molecular complexity index is 719. The molecule has 0 aliphatic heterocycles. The molecule has 0 aromatic heterocycles. The molecule has 0 spiro atoms. The number of nitrogens with zero attached hydrogens (tertiary/aromatic N) is 1. The van der Waals surface area contributed by atoms with Gasteiger partial charge in [0.25, 0.3) is 5.91 Å². The molecule has 126 valence electrons. The number of ether oxygens (including phenoxy) is 1. The van der Waals surface area contributed by atoms with Crippen LogP contribution in [-0.2, 0) is 11.2 Å². The van der Waals surface area contributed by atoms with Crippen molar-refractivity contribution in [2.24, 2.45) is 0 Å². The SMILES string of the molecule is C[C@@H](Oc1ccccc1[N+](=O)[O-])C(=O)NCCc1ccc(F)cc1. The van der Waals surface area contributed by atoms with Gasteiger partial charge in [-0.25, -0.2) is 4.39 Å². The molecule has 0 fully saturated rings. The Labute approximate surface area is 138 Å². The second-order valence-electron chi connectivity index (χ2n) is 5.15. The summed E-state index contributed by atoms with van der Waals surface area (Å²) in [5.41, 5.74) is 0.701. The molecule has 2 aromatic carbocycles. The van der Waals surface area contributed by atoms with Crippen LogP contribution in [0.2, 0.25) is 0 Å². The third kappa shape index (κ3) is 4.77. The van der Waals surface area contributed by atoms with Crippen molar-refractivity contribution in [3.8, 4) is 5.75 Å². The predicted molar refractivity (Wildman–Crippen MR) is 86.3 cm³/mol. The Kier molecular flexibility index (Phi) is 5.83. The van der Waals surface area contributed by atoms with Crippen LogP contribution >= 0.6 is 0 Å². The Balaban J connectivity index is 1.86. The van der Waals surface area contributed by atoms with Crippen LogP contribution in [0.3, 0.4) is 0 Å². The van der Waals surface area contributed by atoms with Crippen molar-refractivity contribution in [1.82, 2.24) is 5.32 Å². The maximum Gasteiger partial charge on any atom is 0.310 e. The van der Waals surface area contributed by atoms with E-state index in [0.717, 1.165) is 5.56 Å². The normalized spacial score (nSPS) is 11.6. The summed E-state index contributed by atoms with van der Waals surface area (Å²) in [7, 11) is 0. The molecular formula is C17H17FN2O4. The zero-order valence-corrected chi connectivity index (χ0v) is 13.1. The van der Waals surface area contributed by atoms with E-state index in [1.54, 1.807) is 18.2 Å². The molecule has 7 heteroatoms. The number of carbonyl (C=O) groups is 1. The van der Waals surface area contributed by atoms with Crippen molar-refractivity contribution in [2.75, 3.05) is 6.54 Å². The van der Waals surface area contributed by atoms with Gasteiger partial charge in [-0.15, -0.1) is 0 Å². The topological polar surface area (TPSA) is 81.5 Å². The summed E-state index contributed by atoms with van der Waals surface area (Å²) in [5, 5.41) is 13.6. The number of hydrogen-bond acceptors (Lipinski definition) is 4. The Hall–Kier alpha value is -2.96. The van der Waals surface area contributed by atoms with Gasteiger partial charge in [0, 0.05) is 12.6 Å². The first-order valence-corrected chi connectivity index (χ1v) is 7.39. The molecule has 2 rings (SSSR count). The van der Waals surface area contributed by atoms with Gasteiger partial charge >= 0.3 is 5.69 Å². The summed E-state index contributed by atoms with van der Waals surface area (Å²) in [6.07, 6.45) is -0.330. The summed E-state index contributed by atoms with van der Waals surface area (Å²) in [6, 6.07) is 11.9. The minimum atomic E-state index is -0.876. The van der Waals surface area contributed by atoms with E-state index in [-0.39, 0.29) is 23.2 Å². The lowest BCUT2D eigenvalue weighted by Crippen LogP contribution is -2.37. The summed E-state index contributed by atoms with van der Waals surface area (Å²) >= 11 is 0. The maximum atomic E-state index is 12.8. The number of rotatable bonds is 7. The lowest BCUT2D eigenvalue weighted by atomic mass is 10.1. The molecule has 1 N–H and O–H groups in total. The number of benzene rings is 2.